The lowest BCUT2D eigenvalue weighted by molar-refractivity contribution is -0.125. The highest BCUT2D eigenvalue weighted by Gasteiger charge is 2.35. The molecule has 3 rings (SSSR count). The molecule has 0 amide bonds. The van der Waals surface area contributed by atoms with Crippen LogP contribution in [0.1, 0.15) is 42.8 Å². The number of nitrogens with zero attached hydrogens (tertiary/aromatic N) is 2. The van der Waals surface area contributed by atoms with E-state index in [0.717, 1.165) is 5.56 Å². The third-order valence-corrected chi connectivity index (χ3v) is 3.79. The Morgan fingerprint density at radius 1 is 1.29 bits per heavy atom. The predicted molar refractivity (Wildman–Crippen MR) is 71.5 cm³/mol. The van der Waals surface area contributed by atoms with E-state index in [1.54, 1.807) is 12.3 Å². The number of hydrogen-bond acceptors (Lipinski definition) is 6. The number of Topliss-reactive ketones (excluding diaryl/α,β-unsaturated/α-hetero) is 1. The Labute approximate surface area is 120 Å². The smallest absolute Gasteiger partial charge is 0.384 e. The summed E-state index contributed by atoms with van der Waals surface area (Å²) in [5.41, 5.74) is 0.403. The molecular formula is C14H15N3O4. The summed E-state index contributed by atoms with van der Waals surface area (Å²) in [5.74, 6) is 0.0265. The van der Waals surface area contributed by atoms with Crippen LogP contribution in [0, 0.1) is 0 Å². The van der Waals surface area contributed by atoms with Crippen molar-refractivity contribution < 1.29 is 14.4 Å². The quantitative estimate of drug-likeness (QED) is 0.860. The summed E-state index contributed by atoms with van der Waals surface area (Å²) in [4.78, 5) is 28.9. The second kappa shape index (κ2) is 5.25. The highest BCUT2D eigenvalue weighted by Crippen LogP contribution is 2.34. The molecule has 1 aliphatic carbocycles. The molecule has 1 saturated carbocycles. The molecular weight excluding hydrogens is 274 g/mol. The van der Waals surface area contributed by atoms with E-state index in [1.807, 2.05) is 6.07 Å². The van der Waals surface area contributed by atoms with Crippen molar-refractivity contribution >= 4 is 5.78 Å². The van der Waals surface area contributed by atoms with E-state index in [2.05, 4.69) is 19.6 Å². The van der Waals surface area contributed by atoms with Gasteiger partial charge >= 0.3 is 5.76 Å². The molecule has 21 heavy (non-hydrogen) atoms. The molecule has 2 heterocycles. The van der Waals surface area contributed by atoms with E-state index < -0.39 is 11.4 Å². The maximum atomic E-state index is 11.3. The van der Waals surface area contributed by atoms with Gasteiger partial charge in [0.1, 0.15) is 11.4 Å². The third kappa shape index (κ3) is 2.92. The fourth-order valence-electron chi connectivity index (χ4n) is 2.53. The van der Waals surface area contributed by atoms with Crippen LogP contribution in [-0.2, 0) is 16.8 Å². The molecule has 0 spiro atoms. The van der Waals surface area contributed by atoms with Crippen LogP contribution >= 0.6 is 0 Å². The molecule has 0 radical (unpaired) electrons. The summed E-state index contributed by atoms with van der Waals surface area (Å²) in [7, 11) is 0. The van der Waals surface area contributed by atoms with Crippen LogP contribution in [0.25, 0.3) is 0 Å². The summed E-state index contributed by atoms with van der Waals surface area (Å²) >= 11 is 0. The van der Waals surface area contributed by atoms with Crippen molar-refractivity contribution in [2.75, 3.05) is 0 Å². The van der Waals surface area contributed by atoms with Crippen LogP contribution in [0.4, 0.5) is 0 Å². The zero-order valence-electron chi connectivity index (χ0n) is 11.3. The van der Waals surface area contributed by atoms with Crippen molar-refractivity contribution in [1.82, 2.24) is 15.1 Å². The van der Waals surface area contributed by atoms with Gasteiger partial charge < -0.3 is 5.11 Å². The standard InChI is InChI=1S/C14H15N3O4/c18-10-3-5-14(20,6-4-10)11-2-1-9(8-15-11)7-12-16-13(19)21-17-12/h1-2,8,20H,3-7H2,(H,16,17,19). The van der Waals surface area contributed by atoms with E-state index in [0.29, 0.717) is 43.6 Å². The van der Waals surface area contributed by atoms with Crippen LogP contribution in [0.5, 0.6) is 0 Å². The second-order valence-electron chi connectivity index (χ2n) is 5.34. The fourth-order valence-corrected chi connectivity index (χ4v) is 2.53. The molecule has 0 bridgehead atoms. The van der Waals surface area contributed by atoms with Crippen molar-refractivity contribution in [3.8, 4) is 0 Å². The fraction of sp³-hybridized carbons (Fsp3) is 0.429. The van der Waals surface area contributed by atoms with Gasteiger partial charge in [0.15, 0.2) is 5.82 Å². The van der Waals surface area contributed by atoms with Gasteiger partial charge in [-0.25, -0.2) is 4.79 Å². The summed E-state index contributed by atoms with van der Waals surface area (Å²) in [6.07, 6.45) is 3.64. The molecule has 0 aromatic carbocycles. The summed E-state index contributed by atoms with van der Waals surface area (Å²) < 4.78 is 4.43. The van der Waals surface area contributed by atoms with Gasteiger partial charge in [-0.15, -0.1) is 0 Å². The molecule has 1 fully saturated rings. The Kier molecular flexibility index (Phi) is 3.42. The molecule has 0 atom stereocenters. The first kappa shape index (κ1) is 13.7. The number of ketones is 1. The van der Waals surface area contributed by atoms with E-state index in [4.69, 9.17) is 0 Å². The van der Waals surface area contributed by atoms with Crippen LogP contribution < -0.4 is 5.76 Å². The lowest BCUT2D eigenvalue weighted by Crippen LogP contribution is -2.32. The predicted octanol–water partition coefficient (Wildman–Crippen LogP) is 0.679. The lowest BCUT2D eigenvalue weighted by Gasteiger charge is -2.30. The average Bonchev–Trinajstić information content (AvgIpc) is 2.88. The zero-order valence-corrected chi connectivity index (χ0v) is 11.3. The largest absolute Gasteiger partial charge is 0.438 e. The molecule has 2 N–H and O–H groups in total. The molecule has 7 heteroatoms. The Bertz CT molecular complexity index is 692. The van der Waals surface area contributed by atoms with Crippen molar-refractivity contribution in [1.29, 1.82) is 0 Å². The highest BCUT2D eigenvalue weighted by atomic mass is 16.5. The van der Waals surface area contributed by atoms with E-state index in [-0.39, 0.29) is 5.78 Å². The van der Waals surface area contributed by atoms with Crippen molar-refractivity contribution in [2.45, 2.75) is 37.7 Å². The normalized spacial score (nSPS) is 17.9. The Hall–Kier alpha value is -2.28. The van der Waals surface area contributed by atoms with Crippen molar-refractivity contribution in [3.05, 3.63) is 46.0 Å². The van der Waals surface area contributed by atoms with Crippen LogP contribution in [0.3, 0.4) is 0 Å². The molecule has 7 nitrogen and oxygen atoms in total. The minimum Gasteiger partial charge on any atom is -0.384 e. The molecule has 1 aliphatic rings. The van der Waals surface area contributed by atoms with Crippen LogP contribution in [-0.4, -0.2) is 26.0 Å². The minimum absolute atomic E-state index is 0.186. The number of carbonyl (C=O) groups is 1. The Morgan fingerprint density at radius 2 is 2.05 bits per heavy atom. The first-order valence-electron chi connectivity index (χ1n) is 6.79. The molecule has 0 aliphatic heterocycles. The van der Waals surface area contributed by atoms with Gasteiger partial charge in [-0.2, -0.15) is 0 Å². The molecule has 0 saturated heterocycles. The number of H-pyrrole nitrogens is 1. The van der Waals surface area contributed by atoms with Crippen molar-refractivity contribution in [3.63, 3.8) is 0 Å². The highest BCUT2D eigenvalue weighted by molar-refractivity contribution is 5.79. The van der Waals surface area contributed by atoms with Gasteiger partial charge in [-0.05, 0) is 24.5 Å². The van der Waals surface area contributed by atoms with E-state index >= 15 is 0 Å². The third-order valence-electron chi connectivity index (χ3n) is 3.79. The number of rotatable bonds is 3. The van der Waals surface area contributed by atoms with Gasteiger partial charge in [0.05, 0.1) is 5.69 Å². The lowest BCUT2D eigenvalue weighted by atomic mass is 9.81. The van der Waals surface area contributed by atoms with E-state index in [9.17, 15) is 14.7 Å². The molecule has 2 aromatic heterocycles. The molecule has 2 aromatic rings. The second-order valence-corrected chi connectivity index (χ2v) is 5.34. The van der Waals surface area contributed by atoms with Gasteiger partial charge in [0.2, 0.25) is 0 Å². The summed E-state index contributed by atoms with van der Waals surface area (Å²) in [6, 6.07) is 3.58. The van der Waals surface area contributed by atoms with Crippen LogP contribution in [0.15, 0.2) is 27.6 Å². The van der Waals surface area contributed by atoms with Crippen LogP contribution in [0.2, 0.25) is 0 Å². The van der Waals surface area contributed by atoms with Gasteiger partial charge in [0, 0.05) is 25.5 Å². The monoisotopic (exact) mass is 289 g/mol. The maximum Gasteiger partial charge on any atom is 0.438 e. The Morgan fingerprint density at radius 3 is 2.62 bits per heavy atom. The molecule has 0 unspecified atom stereocenters. The van der Waals surface area contributed by atoms with Crippen molar-refractivity contribution in [2.24, 2.45) is 0 Å². The van der Waals surface area contributed by atoms with E-state index in [1.165, 1.54) is 0 Å². The number of aliphatic hydroxyl groups is 1. The topological polar surface area (TPSA) is 109 Å². The summed E-state index contributed by atoms with van der Waals surface area (Å²) in [5, 5.41) is 14.1. The molecule has 110 valence electrons. The van der Waals surface area contributed by atoms with Gasteiger partial charge in [-0.1, -0.05) is 11.2 Å². The average molecular weight is 289 g/mol. The minimum atomic E-state index is -1.02. The maximum absolute atomic E-state index is 11.3. The first-order valence-corrected chi connectivity index (χ1v) is 6.79. The number of nitrogens with one attached hydrogen (secondary N) is 1. The number of pyridine rings is 1. The zero-order chi connectivity index (χ0) is 14.9. The SMILES string of the molecule is O=C1CCC(O)(c2ccc(Cc3noc(=O)[nH]3)cn2)CC1. The number of hydrogen-bond donors (Lipinski definition) is 2. The number of aromatic nitrogens is 3. The number of carbonyl (C=O) groups excluding carboxylic acids is 1. The Balaban J connectivity index is 1.74. The van der Waals surface area contributed by atoms with Gasteiger partial charge in [0.25, 0.3) is 0 Å². The first-order chi connectivity index (χ1) is 10.0. The number of aromatic amines is 1. The van der Waals surface area contributed by atoms with Gasteiger partial charge in [-0.3, -0.25) is 19.3 Å². The summed E-state index contributed by atoms with van der Waals surface area (Å²) in [6.45, 7) is 0.